The van der Waals surface area contributed by atoms with Gasteiger partial charge >= 0.3 is 5.97 Å². The molecule has 2 unspecified atom stereocenters. The van der Waals surface area contributed by atoms with Gasteiger partial charge in [-0.05, 0) is 56.8 Å². The summed E-state index contributed by atoms with van der Waals surface area (Å²) in [6, 6.07) is 0. The van der Waals surface area contributed by atoms with Crippen LogP contribution in [0.1, 0.15) is 96.8 Å². The fraction of sp³-hybridized carbons (Fsp3) is 0.950. The number of aliphatic hydroxyl groups excluding tert-OH is 1. The topological polar surface area (TPSA) is 57.5 Å². The first-order chi connectivity index (χ1) is 11.5. The van der Waals surface area contributed by atoms with Crippen molar-refractivity contribution in [2.45, 2.75) is 108 Å². The van der Waals surface area contributed by atoms with Gasteiger partial charge in [0.1, 0.15) is 0 Å². The van der Waals surface area contributed by atoms with Gasteiger partial charge in [-0.2, -0.15) is 12.6 Å². The number of carboxylic acid groups (broad SMARTS) is 1. The van der Waals surface area contributed by atoms with Gasteiger partial charge in [0.25, 0.3) is 0 Å². The normalized spacial score (nSPS) is 25.0. The van der Waals surface area contributed by atoms with Crippen molar-refractivity contribution in [2.75, 3.05) is 0 Å². The Morgan fingerprint density at radius 3 is 2.50 bits per heavy atom. The quantitative estimate of drug-likeness (QED) is 0.285. The van der Waals surface area contributed by atoms with Crippen LogP contribution >= 0.6 is 12.6 Å². The molecule has 4 heteroatoms. The molecule has 0 radical (unpaired) electrons. The molecule has 142 valence electrons. The molecule has 0 saturated heterocycles. The SMILES string of the molecule is CCCCCC(S)CC[C@H]1CCC(O)[C@@H]1CCCCCCC(=O)O. The van der Waals surface area contributed by atoms with Crippen molar-refractivity contribution in [3.63, 3.8) is 0 Å². The Morgan fingerprint density at radius 2 is 1.79 bits per heavy atom. The van der Waals surface area contributed by atoms with Crippen LogP contribution in [0, 0.1) is 11.8 Å². The summed E-state index contributed by atoms with van der Waals surface area (Å²) in [4.78, 5) is 10.5. The summed E-state index contributed by atoms with van der Waals surface area (Å²) in [5.74, 6) is 0.432. The number of hydrogen-bond donors (Lipinski definition) is 3. The maximum atomic E-state index is 10.5. The van der Waals surface area contributed by atoms with Crippen molar-refractivity contribution in [3.8, 4) is 0 Å². The zero-order valence-corrected chi connectivity index (χ0v) is 16.4. The highest BCUT2D eigenvalue weighted by Crippen LogP contribution is 2.39. The number of unbranched alkanes of at least 4 members (excludes halogenated alkanes) is 5. The van der Waals surface area contributed by atoms with E-state index >= 15 is 0 Å². The highest BCUT2D eigenvalue weighted by atomic mass is 32.1. The Balaban J connectivity index is 2.18. The van der Waals surface area contributed by atoms with Crippen LogP contribution in [0.5, 0.6) is 0 Å². The van der Waals surface area contributed by atoms with E-state index < -0.39 is 5.97 Å². The van der Waals surface area contributed by atoms with E-state index in [9.17, 15) is 9.90 Å². The van der Waals surface area contributed by atoms with Crippen LogP contribution in [0.15, 0.2) is 0 Å². The molecule has 0 spiro atoms. The van der Waals surface area contributed by atoms with E-state index in [4.69, 9.17) is 17.7 Å². The van der Waals surface area contributed by atoms with Crippen LogP contribution < -0.4 is 0 Å². The first-order valence-corrected chi connectivity index (χ1v) is 10.6. The summed E-state index contributed by atoms with van der Waals surface area (Å²) in [5, 5.41) is 19.4. The second-order valence-corrected chi connectivity index (χ2v) is 8.37. The molecular weight excluding hydrogens is 320 g/mol. The number of rotatable bonds is 14. The highest BCUT2D eigenvalue weighted by Gasteiger charge is 2.34. The van der Waals surface area contributed by atoms with Crippen LogP contribution in [-0.4, -0.2) is 27.5 Å². The molecule has 1 aliphatic rings. The van der Waals surface area contributed by atoms with Gasteiger partial charge in [0.15, 0.2) is 0 Å². The maximum Gasteiger partial charge on any atom is 0.303 e. The molecule has 0 heterocycles. The zero-order chi connectivity index (χ0) is 17.8. The van der Waals surface area contributed by atoms with E-state index in [1.807, 2.05) is 0 Å². The summed E-state index contributed by atoms with van der Waals surface area (Å²) in [6.07, 6.45) is 14.9. The van der Waals surface area contributed by atoms with Crippen molar-refractivity contribution >= 4 is 18.6 Å². The van der Waals surface area contributed by atoms with Crippen LogP contribution in [0.25, 0.3) is 0 Å². The minimum absolute atomic E-state index is 0.118. The summed E-state index contributed by atoms with van der Waals surface area (Å²) in [6.45, 7) is 2.24. The molecule has 2 N–H and O–H groups in total. The molecule has 1 fully saturated rings. The lowest BCUT2D eigenvalue weighted by Crippen LogP contribution is -2.20. The summed E-state index contributed by atoms with van der Waals surface area (Å²) in [5.41, 5.74) is 0. The molecule has 0 aliphatic heterocycles. The molecule has 0 amide bonds. The number of thiol groups is 1. The Labute approximate surface area is 154 Å². The molecule has 0 aromatic carbocycles. The Hall–Kier alpha value is -0.220. The lowest BCUT2D eigenvalue weighted by Gasteiger charge is -2.23. The first kappa shape index (κ1) is 21.8. The van der Waals surface area contributed by atoms with Gasteiger partial charge in [0.2, 0.25) is 0 Å². The second kappa shape index (κ2) is 13.0. The van der Waals surface area contributed by atoms with Crippen molar-refractivity contribution in [3.05, 3.63) is 0 Å². The third-order valence-electron chi connectivity index (χ3n) is 5.62. The van der Waals surface area contributed by atoms with Crippen LogP contribution in [-0.2, 0) is 4.79 Å². The number of hydrogen-bond acceptors (Lipinski definition) is 3. The molecule has 1 aliphatic carbocycles. The van der Waals surface area contributed by atoms with Gasteiger partial charge in [-0.15, -0.1) is 0 Å². The van der Waals surface area contributed by atoms with E-state index in [-0.39, 0.29) is 12.5 Å². The molecule has 0 bridgehead atoms. The lowest BCUT2D eigenvalue weighted by molar-refractivity contribution is -0.137. The Morgan fingerprint density at radius 1 is 1.04 bits per heavy atom. The second-order valence-electron chi connectivity index (χ2n) is 7.64. The third-order valence-corrected chi connectivity index (χ3v) is 6.14. The highest BCUT2D eigenvalue weighted by molar-refractivity contribution is 7.80. The molecule has 0 aromatic rings. The van der Waals surface area contributed by atoms with Crippen LogP contribution in [0.3, 0.4) is 0 Å². The number of aliphatic carboxylic acids is 1. The lowest BCUT2D eigenvalue weighted by atomic mass is 9.85. The van der Waals surface area contributed by atoms with E-state index in [1.54, 1.807) is 0 Å². The van der Waals surface area contributed by atoms with Crippen LogP contribution in [0.4, 0.5) is 0 Å². The van der Waals surface area contributed by atoms with Gasteiger partial charge in [0, 0.05) is 11.7 Å². The van der Waals surface area contributed by atoms with E-state index in [2.05, 4.69) is 6.92 Å². The van der Waals surface area contributed by atoms with Crippen molar-refractivity contribution < 1.29 is 15.0 Å². The van der Waals surface area contributed by atoms with Gasteiger partial charge in [0.05, 0.1) is 6.10 Å². The zero-order valence-electron chi connectivity index (χ0n) is 15.5. The predicted octanol–water partition coefficient (Wildman–Crippen LogP) is 5.46. The largest absolute Gasteiger partial charge is 0.481 e. The monoisotopic (exact) mass is 358 g/mol. The summed E-state index contributed by atoms with van der Waals surface area (Å²) < 4.78 is 0. The molecule has 4 atom stereocenters. The minimum atomic E-state index is -0.693. The number of carboxylic acids is 1. The predicted molar refractivity (Wildman–Crippen MR) is 104 cm³/mol. The van der Waals surface area contributed by atoms with Crippen molar-refractivity contribution in [2.24, 2.45) is 11.8 Å². The molecular formula is C20H38O3S. The fourth-order valence-corrected chi connectivity index (χ4v) is 4.44. The Bertz CT molecular complexity index is 335. The molecule has 1 saturated carbocycles. The maximum absolute atomic E-state index is 10.5. The van der Waals surface area contributed by atoms with Crippen LogP contribution in [0.2, 0.25) is 0 Å². The number of aliphatic hydroxyl groups is 1. The average molecular weight is 359 g/mol. The third kappa shape index (κ3) is 9.31. The van der Waals surface area contributed by atoms with E-state index in [0.29, 0.717) is 17.1 Å². The fourth-order valence-electron chi connectivity index (χ4n) is 4.10. The average Bonchev–Trinajstić information content (AvgIpc) is 2.89. The standard InChI is InChI=1S/C20H38O3S/c1-2-3-6-9-17(24)14-12-16-13-15-19(21)18(16)10-7-4-5-8-11-20(22)23/h16-19,21,24H,2-15H2,1H3,(H,22,23)/t16-,17?,18+,19?/m0/s1. The van der Waals surface area contributed by atoms with Gasteiger partial charge in [-0.3, -0.25) is 4.79 Å². The molecule has 24 heavy (non-hydrogen) atoms. The van der Waals surface area contributed by atoms with Gasteiger partial charge < -0.3 is 10.2 Å². The van der Waals surface area contributed by atoms with E-state index in [1.165, 1.54) is 44.9 Å². The molecule has 0 aromatic heterocycles. The Kier molecular flexibility index (Phi) is 11.9. The number of carbonyl (C=O) groups is 1. The van der Waals surface area contributed by atoms with Gasteiger partial charge in [-0.25, -0.2) is 0 Å². The summed E-state index contributed by atoms with van der Waals surface area (Å²) in [7, 11) is 0. The molecule has 1 rings (SSSR count). The smallest absolute Gasteiger partial charge is 0.303 e. The van der Waals surface area contributed by atoms with Gasteiger partial charge in [-0.1, -0.05) is 45.4 Å². The first-order valence-electron chi connectivity index (χ1n) is 10.1. The molecule has 3 nitrogen and oxygen atoms in total. The van der Waals surface area contributed by atoms with E-state index in [0.717, 1.165) is 38.5 Å². The van der Waals surface area contributed by atoms with Crippen molar-refractivity contribution in [1.82, 2.24) is 0 Å². The minimum Gasteiger partial charge on any atom is -0.481 e. The van der Waals surface area contributed by atoms with Crippen molar-refractivity contribution in [1.29, 1.82) is 0 Å². The summed E-state index contributed by atoms with van der Waals surface area (Å²) >= 11 is 4.74.